The van der Waals surface area contributed by atoms with Gasteiger partial charge in [0.05, 0.1) is 17.9 Å². The first kappa shape index (κ1) is 18.9. The van der Waals surface area contributed by atoms with Gasteiger partial charge in [0, 0.05) is 31.4 Å². The highest BCUT2D eigenvalue weighted by Crippen LogP contribution is 2.19. The Balaban J connectivity index is 1.48. The molecule has 2 atom stereocenters. The number of morpholine rings is 1. The maximum absolute atomic E-state index is 13.6. The Morgan fingerprint density at radius 3 is 2.81 bits per heavy atom. The van der Waals surface area contributed by atoms with Gasteiger partial charge in [-0.2, -0.15) is 0 Å². The highest BCUT2D eigenvalue weighted by Gasteiger charge is 2.22. The van der Waals surface area contributed by atoms with Gasteiger partial charge in [-0.1, -0.05) is 18.2 Å². The molecule has 1 aromatic heterocycles. The van der Waals surface area contributed by atoms with E-state index in [1.165, 1.54) is 17.4 Å². The second-order valence-electron chi connectivity index (χ2n) is 6.73. The Bertz CT molecular complexity index is 742. The van der Waals surface area contributed by atoms with E-state index >= 15 is 0 Å². The fraction of sp³-hybridized carbons (Fsp3) is 0.474. The minimum atomic E-state index is -0.272. The van der Waals surface area contributed by atoms with E-state index in [-0.39, 0.29) is 30.4 Å². The number of hydrogen-bond acceptors (Lipinski definition) is 5. The summed E-state index contributed by atoms with van der Waals surface area (Å²) in [5, 5.41) is 5.37. The second-order valence-corrected chi connectivity index (χ2v) is 7.59. The topological polar surface area (TPSA) is 54.5 Å². The van der Waals surface area contributed by atoms with Crippen molar-refractivity contribution < 1.29 is 13.9 Å². The molecule has 0 radical (unpaired) electrons. The van der Waals surface area contributed by atoms with Gasteiger partial charge in [-0.15, -0.1) is 11.3 Å². The zero-order valence-corrected chi connectivity index (χ0v) is 15.9. The minimum absolute atomic E-state index is 0.150. The zero-order chi connectivity index (χ0) is 18.5. The fourth-order valence-corrected chi connectivity index (χ4v) is 3.93. The standard InChI is InChI=1S/C19H24FN3O2S/c1-13-9-23(10-14(2)25-13)11-16-12-26-19(21-16)22-18(24)8-7-15-5-3-4-6-17(15)20/h3-6,12-14H,7-11H2,1-2H3,(H,21,22,24). The molecule has 2 unspecified atom stereocenters. The first-order valence-corrected chi connectivity index (χ1v) is 9.73. The van der Waals surface area contributed by atoms with Crippen LogP contribution in [-0.2, 0) is 22.5 Å². The molecule has 1 saturated heterocycles. The lowest BCUT2D eigenvalue weighted by Gasteiger charge is -2.34. The molecule has 1 fully saturated rings. The summed E-state index contributed by atoms with van der Waals surface area (Å²) in [4.78, 5) is 18.9. The summed E-state index contributed by atoms with van der Waals surface area (Å²) in [5.74, 6) is -0.423. The van der Waals surface area contributed by atoms with E-state index in [0.29, 0.717) is 17.1 Å². The number of aromatic nitrogens is 1. The number of hydrogen-bond donors (Lipinski definition) is 1. The van der Waals surface area contributed by atoms with Crippen molar-refractivity contribution in [2.24, 2.45) is 0 Å². The predicted octanol–water partition coefficient (Wildman–Crippen LogP) is 3.46. The number of aryl methyl sites for hydroxylation is 1. The maximum Gasteiger partial charge on any atom is 0.226 e. The largest absolute Gasteiger partial charge is 0.373 e. The highest BCUT2D eigenvalue weighted by molar-refractivity contribution is 7.13. The first-order chi connectivity index (χ1) is 12.5. The molecule has 5 nitrogen and oxygen atoms in total. The van der Waals surface area contributed by atoms with Gasteiger partial charge in [0.25, 0.3) is 0 Å². The molecular weight excluding hydrogens is 353 g/mol. The molecule has 0 aliphatic carbocycles. The van der Waals surface area contributed by atoms with Crippen LogP contribution in [0.15, 0.2) is 29.6 Å². The van der Waals surface area contributed by atoms with Crippen LogP contribution < -0.4 is 5.32 Å². The lowest BCUT2D eigenvalue weighted by atomic mass is 10.1. The molecule has 7 heteroatoms. The average molecular weight is 377 g/mol. The van der Waals surface area contributed by atoms with E-state index < -0.39 is 0 Å². The Morgan fingerprint density at radius 2 is 2.08 bits per heavy atom. The van der Waals surface area contributed by atoms with E-state index in [4.69, 9.17) is 4.74 Å². The zero-order valence-electron chi connectivity index (χ0n) is 15.1. The number of ether oxygens (including phenoxy) is 1. The molecule has 140 valence electrons. The first-order valence-electron chi connectivity index (χ1n) is 8.85. The van der Waals surface area contributed by atoms with Gasteiger partial charge in [0.2, 0.25) is 5.91 Å². The number of carbonyl (C=O) groups excluding carboxylic acids is 1. The normalized spacial score (nSPS) is 20.9. The number of thiazole rings is 1. The van der Waals surface area contributed by atoms with Crippen molar-refractivity contribution in [2.45, 2.75) is 45.4 Å². The van der Waals surface area contributed by atoms with Gasteiger partial charge in [0.15, 0.2) is 5.13 Å². The highest BCUT2D eigenvalue weighted by atomic mass is 32.1. The molecule has 1 amide bonds. The summed E-state index contributed by atoms with van der Waals surface area (Å²) in [6.07, 6.45) is 1.04. The van der Waals surface area contributed by atoms with Gasteiger partial charge in [0.1, 0.15) is 5.82 Å². The van der Waals surface area contributed by atoms with E-state index in [2.05, 4.69) is 29.0 Å². The van der Waals surface area contributed by atoms with Crippen molar-refractivity contribution in [1.29, 1.82) is 0 Å². The Morgan fingerprint density at radius 1 is 1.35 bits per heavy atom. The smallest absolute Gasteiger partial charge is 0.226 e. The molecule has 1 aromatic carbocycles. The van der Waals surface area contributed by atoms with Gasteiger partial charge >= 0.3 is 0 Å². The van der Waals surface area contributed by atoms with Gasteiger partial charge in [-0.25, -0.2) is 9.37 Å². The third kappa shape index (κ3) is 5.33. The van der Waals surface area contributed by atoms with E-state index in [0.717, 1.165) is 25.3 Å². The van der Waals surface area contributed by atoms with Crippen LogP contribution in [0.1, 0.15) is 31.5 Å². The number of carbonyl (C=O) groups is 1. The number of nitrogens with one attached hydrogen (secondary N) is 1. The van der Waals surface area contributed by atoms with Crippen LogP contribution >= 0.6 is 11.3 Å². The minimum Gasteiger partial charge on any atom is -0.373 e. The Kier molecular flexibility index (Phi) is 6.34. The number of rotatable bonds is 6. The summed E-state index contributed by atoms with van der Waals surface area (Å²) in [6, 6.07) is 6.53. The molecular formula is C19H24FN3O2S. The summed E-state index contributed by atoms with van der Waals surface area (Å²) in [5.41, 5.74) is 1.50. The molecule has 1 N–H and O–H groups in total. The van der Waals surface area contributed by atoms with Crippen LogP contribution in [0, 0.1) is 5.82 Å². The number of amides is 1. The SMILES string of the molecule is CC1CN(Cc2csc(NC(=O)CCc3ccccc3F)n2)CC(C)O1. The summed E-state index contributed by atoms with van der Waals surface area (Å²) >= 11 is 1.42. The number of halogens is 1. The molecule has 1 aliphatic rings. The summed E-state index contributed by atoms with van der Waals surface area (Å²) < 4.78 is 19.3. The molecule has 3 rings (SSSR count). The summed E-state index contributed by atoms with van der Waals surface area (Å²) in [6.45, 7) is 6.66. The van der Waals surface area contributed by atoms with Crippen molar-refractivity contribution in [2.75, 3.05) is 18.4 Å². The number of benzene rings is 1. The van der Waals surface area contributed by atoms with Crippen molar-refractivity contribution >= 4 is 22.4 Å². The van der Waals surface area contributed by atoms with Gasteiger partial charge in [-0.3, -0.25) is 9.69 Å². The van der Waals surface area contributed by atoms with Crippen LogP contribution in [0.5, 0.6) is 0 Å². The monoisotopic (exact) mass is 377 g/mol. The third-order valence-corrected chi connectivity index (χ3v) is 5.06. The van der Waals surface area contributed by atoms with Gasteiger partial charge < -0.3 is 10.1 Å². The molecule has 26 heavy (non-hydrogen) atoms. The lowest BCUT2D eigenvalue weighted by molar-refractivity contribution is -0.116. The third-order valence-electron chi connectivity index (χ3n) is 4.26. The molecule has 0 spiro atoms. The van der Waals surface area contributed by atoms with E-state index in [1.54, 1.807) is 18.2 Å². The Labute approximate surface area is 157 Å². The fourth-order valence-electron chi connectivity index (χ4n) is 3.21. The van der Waals surface area contributed by atoms with Crippen LogP contribution in [0.25, 0.3) is 0 Å². The molecule has 2 aromatic rings. The Hall–Kier alpha value is -1.83. The molecule has 1 aliphatic heterocycles. The van der Waals surface area contributed by atoms with E-state index in [1.807, 2.05) is 5.38 Å². The second kappa shape index (κ2) is 8.70. The predicted molar refractivity (Wildman–Crippen MR) is 101 cm³/mol. The molecule has 0 saturated carbocycles. The molecule has 0 bridgehead atoms. The van der Waals surface area contributed by atoms with Crippen molar-refractivity contribution in [3.05, 3.63) is 46.7 Å². The lowest BCUT2D eigenvalue weighted by Crippen LogP contribution is -2.44. The van der Waals surface area contributed by atoms with Crippen LogP contribution in [0.4, 0.5) is 9.52 Å². The summed E-state index contributed by atoms with van der Waals surface area (Å²) in [7, 11) is 0. The van der Waals surface area contributed by atoms with Crippen molar-refractivity contribution in [3.63, 3.8) is 0 Å². The number of nitrogens with zero attached hydrogens (tertiary/aromatic N) is 2. The van der Waals surface area contributed by atoms with Crippen LogP contribution in [0.2, 0.25) is 0 Å². The van der Waals surface area contributed by atoms with Gasteiger partial charge in [-0.05, 0) is 31.9 Å². The maximum atomic E-state index is 13.6. The van der Waals surface area contributed by atoms with Crippen LogP contribution in [-0.4, -0.2) is 41.1 Å². The molecule has 2 heterocycles. The number of anilines is 1. The van der Waals surface area contributed by atoms with Crippen molar-refractivity contribution in [3.8, 4) is 0 Å². The van der Waals surface area contributed by atoms with Crippen molar-refractivity contribution in [1.82, 2.24) is 9.88 Å². The average Bonchev–Trinajstić information content (AvgIpc) is 3.00. The van der Waals surface area contributed by atoms with E-state index in [9.17, 15) is 9.18 Å². The van der Waals surface area contributed by atoms with Crippen LogP contribution in [0.3, 0.4) is 0 Å². The quantitative estimate of drug-likeness (QED) is 0.838.